The summed E-state index contributed by atoms with van der Waals surface area (Å²) in [5, 5.41) is 15.3. The van der Waals surface area contributed by atoms with Crippen LogP contribution < -0.4 is 10.6 Å². The number of aliphatic hydroxyl groups excluding tert-OH is 1. The van der Waals surface area contributed by atoms with E-state index in [2.05, 4.69) is 33.5 Å². The summed E-state index contributed by atoms with van der Waals surface area (Å²) < 4.78 is 6.51. The van der Waals surface area contributed by atoms with Crippen LogP contribution in [0, 0.1) is 11.8 Å². The predicted molar refractivity (Wildman–Crippen MR) is 139 cm³/mol. The molecule has 3 aliphatic rings. The van der Waals surface area contributed by atoms with Crippen LogP contribution in [0.4, 0.5) is 0 Å². The SMILES string of the molecule is CCCC(C)NC(=O)C1N(CCCCCO)C(=O)[C@@H]2[C@@H](C(=O)NCc3ccccc3)[C@@H]3OC12CC3Br. The number of likely N-dealkylation sites (tertiary alicyclic amines) is 1. The molecule has 4 unspecified atom stereocenters. The van der Waals surface area contributed by atoms with Crippen LogP contribution in [0.15, 0.2) is 30.3 Å². The van der Waals surface area contributed by atoms with Gasteiger partial charge < -0.3 is 25.4 Å². The molecular formula is C27H38BrN3O5. The van der Waals surface area contributed by atoms with Gasteiger partial charge in [0.2, 0.25) is 17.7 Å². The molecule has 36 heavy (non-hydrogen) atoms. The van der Waals surface area contributed by atoms with E-state index in [1.165, 1.54) is 0 Å². The first kappa shape index (κ1) is 27.1. The second kappa shape index (κ2) is 11.6. The molecule has 1 spiro atoms. The number of halogens is 1. The van der Waals surface area contributed by atoms with Gasteiger partial charge in [-0.05, 0) is 44.6 Å². The summed E-state index contributed by atoms with van der Waals surface area (Å²) in [6.07, 6.45) is 3.90. The van der Waals surface area contributed by atoms with Gasteiger partial charge in [-0.2, -0.15) is 0 Å². The summed E-state index contributed by atoms with van der Waals surface area (Å²) in [6.45, 7) is 4.90. The van der Waals surface area contributed by atoms with Gasteiger partial charge in [0.1, 0.15) is 11.6 Å². The number of unbranched alkanes of at least 4 members (excludes halogenated alkanes) is 2. The van der Waals surface area contributed by atoms with Crippen LogP contribution in [0.25, 0.3) is 0 Å². The molecule has 198 valence electrons. The average Bonchev–Trinajstić information content (AvgIpc) is 3.44. The Morgan fingerprint density at radius 3 is 2.67 bits per heavy atom. The molecule has 0 aliphatic carbocycles. The lowest BCUT2D eigenvalue weighted by molar-refractivity contribution is -0.142. The zero-order valence-corrected chi connectivity index (χ0v) is 22.7. The van der Waals surface area contributed by atoms with E-state index < -0.39 is 29.6 Å². The van der Waals surface area contributed by atoms with E-state index in [1.54, 1.807) is 4.90 Å². The molecule has 3 heterocycles. The Morgan fingerprint density at radius 1 is 1.22 bits per heavy atom. The summed E-state index contributed by atoms with van der Waals surface area (Å²) in [7, 11) is 0. The number of carbonyl (C=O) groups excluding carboxylic acids is 3. The van der Waals surface area contributed by atoms with Crippen LogP contribution in [0.5, 0.6) is 0 Å². The Labute approximate surface area is 221 Å². The molecule has 3 fully saturated rings. The number of rotatable bonds is 12. The number of nitrogens with zero attached hydrogens (tertiary/aromatic N) is 1. The molecular weight excluding hydrogens is 526 g/mol. The van der Waals surface area contributed by atoms with Crippen molar-refractivity contribution in [3.63, 3.8) is 0 Å². The molecule has 2 bridgehead atoms. The topological polar surface area (TPSA) is 108 Å². The lowest BCUT2D eigenvalue weighted by Crippen LogP contribution is -2.57. The van der Waals surface area contributed by atoms with E-state index in [0.29, 0.717) is 32.4 Å². The van der Waals surface area contributed by atoms with Gasteiger partial charge in [-0.3, -0.25) is 14.4 Å². The number of ether oxygens (including phenoxy) is 1. The maximum Gasteiger partial charge on any atom is 0.246 e. The molecule has 4 rings (SSSR count). The number of amides is 3. The van der Waals surface area contributed by atoms with E-state index >= 15 is 0 Å². The zero-order valence-electron chi connectivity index (χ0n) is 21.1. The number of benzene rings is 1. The lowest BCUT2D eigenvalue weighted by Gasteiger charge is -2.34. The van der Waals surface area contributed by atoms with Crippen LogP contribution >= 0.6 is 15.9 Å². The van der Waals surface area contributed by atoms with Crippen LogP contribution in [0.2, 0.25) is 0 Å². The fourth-order valence-electron chi connectivity index (χ4n) is 6.27. The molecule has 3 aliphatic heterocycles. The van der Waals surface area contributed by atoms with Gasteiger partial charge in [-0.1, -0.05) is 59.6 Å². The molecule has 1 aromatic carbocycles. The monoisotopic (exact) mass is 563 g/mol. The van der Waals surface area contributed by atoms with Crippen molar-refractivity contribution in [2.75, 3.05) is 13.2 Å². The molecule has 8 nitrogen and oxygen atoms in total. The highest BCUT2D eigenvalue weighted by molar-refractivity contribution is 9.09. The number of alkyl halides is 1. The number of hydrogen-bond acceptors (Lipinski definition) is 5. The van der Waals surface area contributed by atoms with Crippen molar-refractivity contribution in [1.82, 2.24) is 15.5 Å². The van der Waals surface area contributed by atoms with E-state index in [9.17, 15) is 14.4 Å². The maximum absolute atomic E-state index is 13.9. The number of hydrogen-bond donors (Lipinski definition) is 3. The van der Waals surface area contributed by atoms with Gasteiger partial charge in [0, 0.05) is 30.6 Å². The maximum atomic E-state index is 13.9. The van der Waals surface area contributed by atoms with Crippen molar-refractivity contribution in [1.29, 1.82) is 0 Å². The third kappa shape index (κ3) is 5.07. The molecule has 0 radical (unpaired) electrons. The highest BCUT2D eigenvalue weighted by Crippen LogP contribution is 2.60. The van der Waals surface area contributed by atoms with Crippen molar-refractivity contribution in [2.24, 2.45) is 11.8 Å². The zero-order chi connectivity index (χ0) is 25.9. The molecule has 1 aromatic rings. The van der Waals surface area contributed by atoms with Crippen LogP contribution in [-0.4, -0.2) is 69.5 Å². The third-order valence-electron chi connectivity index (χ3n) is 7.82. The minimum atomic E-state index is -1.03. The largest absolute Gasteiger partial charge is 0.396 e. The first-order chi connectivity index (χ1) is 17.3. The Morgan fingerprint density at radius 2 is 1.97 bits per heavy atom. The fraction of sp³-hybridized carbons (Fsp3) is 0.667. The molecule has 9 heteroatoms. The molecule has 7 atom stereocenters. The number of fused-ring (bicyclic) bond motifs is 1. The Bertz CT molecular complexity index is 947. The third-order valence-corrected chi connectivity index (χ3v) is 8.66. The first-order valence-corrected chi connectivity index (χ1v) is 14.1. The van der Waals surface area contributed by atoms with Gasteiger partial charge in [-0.15, -0.1) is 0 Å². The quantitative estimate of drug-likeness (QED) is 0.267. The summed E-state index contributed by atoms with van der Waals surface area (Å²) >= 11 is 3.70. The number of nitrogens with one attached hydrogen (secondary N) is 2. The van der Waals surface area contributed by atoms with Crippen molar-refractivity contribution in [3.8, 4) is 0 Å². The molecule has 0 aromatic heterocycles. The minimum absolute atomic E-state index is 0.0207. The number of carbonyl (C=O) groups is 3. The van der Waals surface area contributed by atoms with Crippen molar-refractivity contribution < 1.29 is 24.2 Å². The summed E-state index contributed by atoms with van der Waals surface area (Å²) in [4.78, 5) is 42.5. The standard InChI is InChI=1S/C27H38BrN3O5/c1-3-10-17(2)30-25(34)23-27-15-19(28)22(36-27)20(24(33)29-16-18-11-6-4-7-12-18)21(27)26(35)31(23)13-8-5-9-14-32/h4,6-7,11-12,17,19-23,32H,3,5,8-10,13-16H2,1-2H3,(H,29,33)(H,30,34)/t17?,19?,20-,21+,22-,23?,27?/m1/s1. The first-order valence-electron chi connectivity index (χ1n) is 13.2. The van der Waals surface area contributed by atoms with E-state index in [0.717, 1.165) is 24.8 Å². The Hall–Kier alpha value is -1.97. The van der Waals surface area contributed by atoms with E-state index in [-0.39, 0.29) is 35.2 Å². The molecule has 3 amide bonds. The second-order valence-corrected chi connectivity index (χ2v) is 11.6. The van der Waals surface area contributed by atoms with Gasteiger partial charge in [0.25, 0.3) is 0 Å². The van der Waals surface area contributed by atoms with Crippen molar-refractivity contribution in [2.45, 2.75) is 87.5 Å². The smallest absolute Gasteiger partial charge is 0.246 e. The predicted octanol–water partition coefficient (Wildman–Crippen LogP) is 2.52. The summed E-state index contributed by atoms with van der Waals surface area (Å²) in [6, 6.07) is 8.85. The minimum Gasteiger partial charge on any atom is -0.396 e. The average molecular weight is 565 g/mol. The van der Waals surface area contributed by atoms with Gasteiger partial charge in [0.15, 0.2) is 0 Å². The number of aliphatic hydroxyl groups is 1. The summed E-state index contributed by atoms with van der Waals surface area (Å²) in [5.41, 5.74) is -0.0528. The van der Waals surface area contributed by atoms with Crippen LogP contribution in [0.3, 0.4) is 0 Å². The summed E-state index contributed by atoms with van der Waals surface area (Å²) in [5.74, 6) is -1.95. The molecule has 0 saturated carbocycles. The fourth-order valence-corrected chi connectivity index (χ4v) is 7.21. The van der Waals surface area contributed by atoms with Crippen LogP contribution in [-0.2, 0) is 25.7 Å². The van der Waals surface area contributed by atoms with Crippen molar-refractivity contribution >= 4 is 33.7 Å². The second-order valence-electron chi connectivity index (χ2n) is 10.4. The van der Waals surface area contributed by atoms with Gasteiger partial charge in [0.05, 0.1) is 17.9 Å². The molecule has 3 N–H and O–H groups in total. The van der Waals surface area contributed by atoms with Crippen molar-refractivity contribution in [3.05, 3.63) is 35.9 Å². The molecule has 3 saturated heterocycles. The Balaban J connectivity index is 1.59. The van der Waals surface area contributed by atoms with Gasteiger partial charge in [-0.25, -0.2) is 0 Å². The van der Waals surface area contributed by atoms with Crippen LogP contribution in [0.1, 0.15) is 57.9 Å². The normalized spacial score (nSPS) is 31.4. The Kier molecular flexibility index (Phi) is 8.73. The lowest BCUT2D eigenvalue weighted by atomic mass is 9.70. The van der Waals surface area contributed by atoms with E-state index in [1.807, 2.05) is 37.3 Å². The van der Waals surface area contributed by atoms with E-state index in [4.69, 9.17) is 9.84 Å². The van der Waals surface area contributed by atoms with Gasteiger partial charge >= 0.3 is 0 Å². The highest BCUT2D eigenvalue weighted by atomic mass is 79.9. The highest BCUT2D eigenvalue weighted by Gasteiger charge is 2.76.